The molecule has 1 atom stereocenters. The fourth-order valence-corrected chi connectivity index (χ4v) is 5.81. The van der Waals surface area contributed by atoms with E-state index >= 15 is 0 Å². The van der Waals surface area contributed by atoms with Crippen molar-refractivity contribution in [1.29, 1.82) is 0 Å². The highest BCUT2D eigenvalue weighted by Gasteiger charge is 2.49. The summed E-state index contributed by atoms with van der Waals surface area (Å²) >= 11 is 0. The molecule has 4 aliphatic carbocycles. The normalized spacial score (nSPS) is 32.3. The van der Waals surface area contributed by atoms with E-state index in [4.69, 9.17) is 9.47 Å². The molecule has 4 saturated carbocycles. The van der Waals surface area contributed by atoms with E-state index in [0.29, 0.717) is 30.8 Å². The van der Waals surface area contributed by atoms with Crippen LogP contribution in [0.15, 0.2) is 24.3 Å². The molecule has 0 N–H and O–H groups in total. The Morgan fingerprint density at radius 1 is 1.04 bits per heavy atom. The second kappa shape index (κ2) is 8.24. The van der Waals surface area contributed by atoms with Crippen molar-refractivity contribution in [3.8, 4) is 5.75 Å². The number of carbonyl (C=O) groups is 1. The van der Waals surface area contributed by atoms with E-state index in [-0.39, 0.29) is 12.1 Å². The molecular weight excluding hydrogens is 336 g/mol. The van der Waals surface area contributed by atoms with E-state index in [1.54, 1.807) is 0 Å². The SMILES string of the molecule is CCC(C)c1ccc(OCCCC(=O)OC2C3CC4CC(C3)CC2C4)cc1. The van der Waals surface area contributed by atoms with E-state index in [0.717, 1.165) is 30.4 Å². The minimum atomic E-state index is -0.0248. The summed E-state index contributed by atoms with van der Waals surface area (Å²) < 4.78 is 11.7. The molecule has 0 heterocycles. The van der Waals surface area contributed by atoms with Crippen LogP contribution in [-0.2, 0) is 9.53 Å². The summed E-state index contributed by atoms with van der Waals surface area (Å²) in [6, 6.07) is 8.36. The van der Waals surface area contributed by atoms with Crippen LogP contribution in [0, 0.1) is 23.7 Å². The first kappa shape index (κ1) is 18.8. The van der Waals surface area contributed by atoms with Gasteiger partial charge in [-0.3, -0.25) is 4.79 Å². The van der Waals surface area contributed by atoms with Crippen LogP contribution >= 0.6 is 0 Å². The van der Waals surface area contributed by atoms with Gasteiger partial charge < -0.3 is 9.47 Å². The zero-order valence-electron chi connectivity index (χ0n) is 16.9. The third kappa shape index (κ3) is 4.33. The molecule has 0 aliphatic heterocycles. The van der Waals surface area contributed by atoms with Crippen molar-refractivity contribution in [2.75, 3.05) is 6.61 Å². The second-order valence-electron chi connectivity index (χ2n) is 9.22. The van der Waals surface area contributed by atoms with Crippen LogP contribution in [0.4, 0.5) is 0 Å². The third-order valence-electron chi connectivity index (χ3n) is 7.26. The molecule has 0 radical (unpaired) electrons. The van der Waals surface area contributed by atoms with Crippen molar-refractivity contribution in [2.45, 2.75) is 77.2 Å². The first-order valence-corrected chi connectivity index (χ1v) is 11.0. The van der Waals surface area contributed by atoms with E-state index in [9.17, 15) is 4.79 Å². The van der Waals surface area contributed by atoms with Crippen molar-refractivity contribution in [3.63, 3.8) is 0 Å². The Balaban J connectivity index is 1.17. The minimum Gasteiger partial charge on any atom is -0.494 e. The lowest BCUT2D eigenvalue weighted by molar-refractivity contribution is -0.170. The van der Waals surface area contributed by atoms with Gasteiger partial charge in [0, 0.05) is 6.42 Å². The Labute approximate surface area is 163 Å². The number of hydrogen-bond donors (Lipinski definition) is 0. The Hall–Kier alpha value is -1.51. The quantitative estimate of drug-likeness (QED) is 0.433. The average Bonchev–Trinajstić information content (AvgIpc) is 2.67. The topological polar surface area (TPSA) is 35.5 Å². The van der Waals surface area contributed by atoms with Crippen molar-refractivity contribution in [2.24, 2.45) is 23.7 Å². The van der Waals surface area contributed by atoms with E-state index in [1.807, 2.05) is 12.1 Å². The predicted molar refractivity (Wildman–Crippen MR) is 107 cm³/mol. The fraction of sp³-hybridized carbons (Fsp3) is 0.708. The predicted octanol–water partition coefficient (Wildman–Crippen LogP) is 5.73. The molecule has 0 spiro atoms. The minimum absolute atomic E-state index is 0.0248. The molecule has 1 unspecified atom stereocenters. The lowest BCUT2D eigenvalue weighted by Crippen LogP contribution is -2.50. The van der Waals surface area contributed by atoms with Gasteiger partial charge in [0.1, 0.15) is 11.9 Å². The van der Waals surface area contributed by atoms with Gasteiger partial charge in [0.25, 0.3) is 0 Å². The first-order chi connectivity index (χ1) is 13.1. The largest absolute Gasteiger partial charge is 0.494 e. The highest BCUT2D eigenvalue weighted by Crippen LogP contribution is 2.54. The molecule has 5 rings (SSSR count). The standard InChI is InChI=1S/C24H34O3/c1-3-16(2)19-6-8-22(9-7-19)26-10-4-5-23(25)27-24-20-12-17-11-18(14-20)15-21(24)13-17/h6-9,16-18,20-21,24H,3-5,10-15H2,1-2H3. The molecule has 1 aromatic rings. The number of rotatable bonds is 8. The van der Waals surface area contributed by atoms with E-state index < -0.39 is 0 Å². The molecule has 148 valence electrons. The maximum atomic E-state index is 12.3. The summed E-state index contributed by atoms with van der Waals surface area (Å²) in [5, 5.41) is 0. The van der Waals surface area contributed by atoms with Gasteiger partial charge >= 0.3 is 5.97 Å². The number of benzene rings is 1. The van der Waals surface area contributed by atoms with Crippen LogP contribution in [0.25, 0.3) is 0 Å². The maximum absolute atomic E-state index is 12.3. The van der Waals surface area contributed by atoms with E-state index in [2.05, 4.69) is 26.0 Å². The van der Waals surface area contributed by atoms with Crippen LogP contribution in [0.3, 0.4) is 0 Å². The first-order valence-electron chi connectivity index (χ1n) is 11.0. The second-order valence-corrected chi connectivity index (χ2v) is 9.22. The van der Waals surface area contributed by atoms with Gasteiger partial charge in [-0.15, -0.1) is 0 Å². The average molecular weight is 371 g/mol. The molecule has 4 bridgehead atoms. The Kier molecular flexibility index (Phi) is 5.75. The Morgan fingerprint density at radius 3 is 2.26 bits per heavy atom. The summed E-state index contributed by atoms with van der Waals surface area (Å²) in [6.45, 7) is 5.02. The molecule has 3 nitrogen and oxygen atoms in total. The van der Waals surface area contributed by atoms with Crippen LogP contribution in [0.2, 0.25) is 0 Å². The molecule has 0 aromatic heterocycles. The Morgan fingerprint density at radius 2 is 1.67 bits per heavy atom. The molecule has 4 aliphatic rings. The molecule has 0 saturated heterocycles. The summed E-state index contributed by atoms with van der Waals surface area (Å²) in [4.78, 5) is 12.3. The van der Waals surface area contributed by atoms with Gasteiger partial charge in [-0.25, -0.2) is 0 Å². The summed E-state index contributed by atoms with van der Waals surface area (Å²) in [5.41, 5.74) is 1.35. The van der Waals surface area contributed by atoms with E-state index in [1.165, 1.54) is 37.7 Å². The zero-order chi connectivity index (χ0) is 18.8. The lowest BCUT2D eigenvalue weighted by Gasteiger charge is -2.53. The van der Waals surface area contributed by atoms with Crippen LogP contribution in [0.5, 0.6) is 5.75 Å². The molecule has 0 amide bonds. The lowest BCUT2D eigenvalue weighted by atomic mass is 9.55. The fourth-order valence-electron chi connectivity index (χ4n) is 5.81. The maximum Gasteiger partial charge on any atom is 0.306 e. The molecule has 4 fully saturated rings. The molecule has 3 heteroatoms. The van der Waals surface area contributed by atoms with Crippen molar-refractivity contribution in [1.82, 2.24) is 0 Å². The third-order valence-corrected chi connectivity index (χ3v) is 7.26. The molecule has 27 heavy (non-hydrogen) atoms. The molecule has 1 aromatic carbocycles. The zero-order valence-corrected chi connectivity index (χ0v) is 16.9. The highest BCUT2D eigenvalue weighted by atomic mass is 16.5. The molecular formula is C24H34O3. The number of hydrogen-bond acceptors (Lipinski definition) is 3. The number of ether oxygens (including phenoxy) is 2. The number of esters is 1. The van der Waals surface area contributed by atoms with Gasteiger partial charge in [-0.1, -0.05) is 26.0 Å². The van der Waals surface area contributed by atoms with Crippen LogP contribution in [-0.4, -0.2) is 18.7 Å². The van der Waals surface area contributed by atoms with Crippen molar-refractivity contribution < 1.29 is 14.3 Å². The van der Waals surface area contributed by atoms with Crippen LogP contribution in [0.1, 0.15) is 76.7 Å². The summed E-state index contributed by atoms with van der Waals surface area (Å²) in [5.74, 6) is 4.57. The van der Waals surface area contributed by atoms with Gasteiger partial charge in [0.15, 0.2) is 0 Å². The van der Waals surface area contributed by atoms with Gasteiger partial charge in [-0.05, 0) is 92.2 Å². The van der Waals surface area contributed by atoms with Crippen molar-refractivity contribution in [3.05, 3.63) is 29.8 Å². The van der Waals surface area contributed by atoms with Gasteiger partial charge in [0.05, 0.1) is 6.61 Å². The highest BCUT2D eigenvalue weighted by molar-refractivity contribution is 5.69. The monoisotopic (exact) mass is 370 g/mol. The smallest absolute Gasteiger partial charge is 0.306 e. The summed E-state index contributed by atoms with van der Waals surface area (Å²) in [6.07, 6.45) is 9.14. The Bertz CT molecular complexity index is 608. The number of carbonyl (C=O) groups excluding carboxylic acids is 1. The van der Waals surface area contributed by atoms with Crippen molar-refractivity contribution >= 4 is 5.97 Å². The van der Waals surface area contributed by atoms with Gasteiger partial charge in [-0.2, -0.15) is 0 Å². The van der Waals surface area contributed by atoms with Gasteiger partial charge in [0.2, 0.25) is 0 Å². The van der Waals surface area contributed by atoms with Crippen LogP contribution < -0.4 is 4.74 Å². The summed E-state index contributed by atoms with van der Waals surface area (Å²) in [7, 11) is 0.